The van der Waals surface area contributed by atoms with Crippen LogP contribution in [-0.2, 0) is 0 Å². The molecular weight excluding hydrogens is 314 g/mol. The average Bonchev–Trinajstić information content (AvgIpc) is 2.38. The van der Waals surface area contributed by atoms with E-state index < -0.39 is 0 Å². The van der Waals surface area contributed by atoms with E-state index in [4.69, 9.17) is 11.6 Å². The fraction of sp³-hybridized carbons (Fsp3) is 0.615. The van der Waals surface area contributed by atoms with Crippen molar-refractivity contribution in [2.75, 3.05) is 31.6 Å². The standard InChI is InChI=1S/C13H19BrClN3/c1-3-18-6-4-11(5-7-18)17(2)13-12(14)8-10(15)9-16-13/h8-9,11H,3-7H2,1-2H3. The van der Waals surface area contributed by atoms with Crippen LogP contribution in [0, 0.1) is 0 Å². The van der Waals surface area contributed by atoms with E-state index in [9.17, 15) is 0 Å². The summed E-state index contributed by atoms with van der Waals surface area (Å²) in [5.41, 5.74) is 0. The SMILES string of the molecule is CCN1CCC(N(C)c2ncc(Cl)cc2Br)CC1. The third-order valence-electron chi connectivity index (χ3n) is 3.67. The lowest BCUT2D eigenvalue weighted by molar-refractivity contribution is 0.220. The highest BCUT2D eigenvalue weighted by Crippen LogP contribution is 2.29. The third kappa shape index (κ3) is 3.16. The number of nitrogens with zero attached hydrogens (tertiary/aromatic N) is 3. The van der Waals surface area contributed by atoms with Gasteiger partial charge in [-0.1, -0.05) is 18.5 Å². The fourth-order valence-corrected chi connectivity index (χ4v) is 3.38. The van der Waals surface area contributed by atoms with Crippen molar-refractivity contribution in [2.24, 2.45) is 0 Å². The highest BCUT2D eigenvalue weighted by atomic mass is 79.9. The summed E-state index contributed by atoms with van der Waals surface area (Å²) in [4.78, 5) is 9.19. The van der Waals surface area contributed by atoms with Crippen LogP contribution in [0.2, 0.25) is 5.02 Å². The summed E-state index contributed by atoms with van der Waals surface area (Å²) in [6, 6.07) is 2.47. The summed E-state index contributed by atoms with van der Waals surface area (Å²) >= 11 is 9.47. The van der Waals surface area contributed by atoms with Crippen molar-refractivity contribution in [3.8, 4) is 0 Å². The second kappa shape index (κ2) is 6.22. The molecule has 1 aliphatic heterocycles. The average molecular weight is 333 g/mol. The van der Waals surface area contributed by atoms with Gasteiger partial charge >= 0.3 is 0 Å². The van der Waals surface area contributed by atoms with E-state index >= 15 is 0 Å². The van der Waals surface area contributed by atoms with Crippen LogP contribution in [-0.4, -0.2) is 42.6 Å². The molecule has 0 N–H and O–H groups in total. The minimum atomic E-state index is 0.567. The Labute approximate surface area is 122 Å². The second-order valence-electron chi connectivity index (χ2n) is 4.74. The van der Waals surface area contributed by atoms with E-state index in [2.05, 4.69) is 44.7 Å². The topological polar surface area (TPSA) is 19.4 Å². The maximum Gasteiger partial charge on any atom is 0.142 e. The predicted molar refractivity (Wildman–Crippen MR) is 80.5 cm³/mol. The lowest BCUT2D eigenvalue weighted by Gasteiger charge is -2.37. The van der Waals surface area contributed by atoms with Gasteiger partial charge in [0.05, 0.1) is 9.50 Å². The molecule has 5 heteroatoms. The van der Waals surface area contributed by atoms with Gasteiger partial charge in [0.1, 0.15) is 5.82 Å². The van der Waals surface area contributed by atoms with Gasteiger partial charge in [-0.15, -0.1) is 0 Å². The van der Waals surface area contributed by atoms with Crippen molar-refractivity contribution >= 4 is 33.3 Å². The van der Waals surface area contributed by atoms with Crippen LogP contribution in [0.25, 0.3) is 0 Å². The first-order chi connectivity index (χ1) is 8.61. The number of likely N-dealkylation sites (tertiary alicyclic amines) is 1. The molecule has 2 rings (SSSR count). The monoisotopic (exact) mass is 331 g/mol. The van der Waals surface area contributed by atoms with E-state index in [0.717, 1.165) is 16.8 Å². The number of pyridine rings is 1. The van der Waals surface area contributed by atoms with Gasteiger partial charge in [-0.3, -0.25) is 0 Å². The molecule has 0 aliphatic carbocycles. The van der Waals surface area contributed by atoms with E-state index in [-0.39, 0.29) is 0 Å². The zero-order valence-electron chi connectivity index (χ0n) is 10.9. The Morgan fingerprint density at radius 3 is 2.72 bits per heavy atom. The molecule has 0 aromatic carbocycles. The van der Waals surface area contributed by atoms with E-state index in [1.165, 1.54) is 25.9 Å². The van der Waals surface area contributed by atoms with Crippen LogP contribution in [0.5, 0.6) is 0 Å². The third-order valence-corrected chi connectivity index (χ3v) is 4.46. The molecule has 1 aromatic rings. The molecule has 3 nitrogen and oxygen atoms in total. The Kier molecular flexibility index (Phi) is 4.87. The first-order valence-corrected chi connectivity index (χ1v) is 7.55. The minimum absolute atomic E-state index is 0.567. The number of halogens is 2. The van der Waals surface area contributed by atoms with Gasteiger partial charge in [-0.2, -0.15) is 0 Å². The lowest BCUT2D eigenvalue weighted by atomic mass is 10.0. The summed E-state index contributed by atoms with van der Waals surface area (Å²) in [6.45, 7) is 5.73. The number of piperidine rings is 1. The smallest absolute Gasteiger partial charge is 0.142 e. The minimum Gasteiger partial charge on any atom is -0.356 e. The first kappa shape index (κ1) is 14.1. The van der Waals surface area contributed by atoms with Crippen LogP contribution >= 0.6 is 27.5 Å². The normalized spacial score (nSPS) is 18.0. The van der Waals surface area contributed by atoms with Gasteiger partial charge < -0.3 is 9.80 Å². The van der Waals surface area contributed by atoms with Crippen molar-refractivity contribution in [2.45, 2.75) is 25.8 Å². The van der Waals surface area contributed by atoms with E-state index in [1.807, 2.05) is 6.07 Å². The van der Waals surface area contributed by atoms with Gasteiger partial charge in [0, 0.05) is 32.4 Å². The van der Waals surface area contributed by atoms with Gasteiger partial charge in [-0.25, -0.2) is 4.98 Å². The van der Waals surface area contributed by atoms with Crippen LogP contribution in [0.15, 0.2) is 16.7 Å². The van der Waals surface area contributed by atoms with Crippen molar-refractivity contribution in [3.63, 3.8) is 0 Å². The summed E-state index contributed by atoms with van der Waals surface area (Å²) < 4.78 is 0.968. The Hall–Kier alpha value is -0.320. The molecule has 0 amide bonds. The zero-order valence-corrected chi connectivity index (χ0v) is 13.2. The van der Waals surface area contributed by atoms with E-state index in [0.29, 0.717) is 11.1 Å². The second-order valence-corrected chi connectivity index (χ2v) is 6.03. The highest BCUT2D eigenvalue weighted by Gasteiger charge is 2.23. The quantitative estimate of drug-likeness (QED) is 0.845. The Morgan fingerprint density at radius 2 is 2.17 bits per heavy atom. The van der Waals surface area contributed by atoms with Crippen LogP contribution in [0.4, 0.5) is 5.82 Å². The predicted octanol–water partition coefficient (Wildman–Crippen LogP) is 3.42. The maximum atomic E-state index is 5.93. The molecule has 0 unspecified atom stereocenters. The highest BCUT2D eigenvalue weighted by molar-refractivity contribution is 9.10. The van der Waals surface area contributed by atoms with Crippen molar-refractivity contribution in [1.82, 2.24) is 9.88 Å². The van der Waals surface area contributed by atoms with Gasteiger partial charge in [0.2, 0.25) is 0 Å². The first-order valence-electron chi connectivity index (χ1n) is 6.38. The lowest BCUT2D eigenvalue weighted by Crippen LogP contribution is -2.43. The number of anilines is 1. The van der Waals surface area contributed by atoms with Gasteiger partial charge in [0.15, 0.2) is 0 Å². The Morgan fingerprint density at radius 1 is 1.50 bits per heavy atom. The summed E-state index contributed by atoms with van der Waals surface area (Å²) in [5.74, 6) is 0.981. The zero-order chi connectivity index (χ0) is 13.1. The van der Waals surface area contributed by atoms with E-state index in [1.54, 1.807) is 6.20 Å². The fourth-order valence-electron chi connectivity index (χ4n) is 2.46. The van der Waals surface area contributed by atoms with Crippen molar-refractivity contribution in [1.29, 1.82) is 0 Å². The molecule has 0 bridgehead atoms. The summed E-state index contributed by atoms with van der Waals surface area (Å²) in [7, 11) is 2.12. The molecule has 1 aromatic heterocycles. The molecule has 0 atom stereocenters. The van der Waals surface area contributed by atoms with Crippen LogP contribution in [0.1, 0.15) is 19.8 Å². The van der Waals surface area contributed by atoms with Crippen molar-refractivity contribution in [3.05, 3.63) is 21.8 Å². The Bertz CT molecular complexity index is 405. The summed E-state index contributed by atoms with van der Waals surface area (Å²) in [6.07, 6.45) is 4.10. The van der Waals surface area contributed by atoms with Crippen molar-refractivity contribution < 1.29 is 0 Å². The molecular formula is C13H19BrClN3. The number of hydrogen-bond donors (Lipinski definition) is 0. The molecule has 1 aliphatic rings. The molecule has 0 saturated carbocycles. The molecule has 18 heavy (non-hydrogen) atoms. The molecule has 1 saturated heterocycles. The van der Waals surface area contributed by atoms with Crippen LogP contribution in [0.3, 0.4) is 0 Å². The van der Waals surface area contributed by atoms with Crippen LogP contribution < -0.4 is 4.90 Å². The molecule has 0 radical (unpaired) electrons. The molecule has 2 heterocycles. The Balaban J connectivity index is 2.05. The maximum absolute atomic E-state index is 5.93. The molecule has 100 valence electrons. The number of rotatable bonds is 3. The number of aromatic nitrogens is 1. The molecule has 1 fully saturated rings. The van der Waals surface area contributed by atoms with Gasteiger partial charge in [-0.05, 0) is 41.4 Å². The number of hydrogen-bond acceptors (Lipinski definition) is 3. The largest absolute Gasteiger partial charge is 0.356 e. The molecule has 0 spiro atoms. The van der Waals surface area contributed by atoms with Gasteiger partial charge in [0.25, 0.3) is 0 Å². The summed E-state index contributed by atoms with van der Waals surface area (Å²) in [5, 5.41) is 0.667.